The minimum Gasteiger partial charge on any atom is -0.356 e. The molecule has 3 N–H and O–H groups in total. The lowest BCUT2D eigenvalue weighted by molar-refractivity contribution is 0.102. The molecule has 1 aromatic heterocycles. The highest BCUT2D eigenvalue weighted by atomic mass is 35.5. The van der Waals surface area contributed by atoms with E-state index >= 15 is 0 Å². The van der Waals surface area contributed by atoms with Gasteiger partial charge in [-0.15, -0.1) is 11.3 Å². The van der Waals surface area contributed by atoms with Gasteiger partial charge in [0.15, 0.2) is 0 Å². The molecule has 160 valence electrons. The molecule has 0 saturated heterocycles. The van der Waals surface area contributed by atoms with E-state index in [0.717, 1.165) is 16.9 Å². The Morgan fingerprint density at radius 1 is 0.750 bits per heavy atom. The Balaban J connectivity index is 1.41. The molecule has 3 aromatic carbocycles. The number of hydrogen-bond acceptors (Lipinski definition) is 4. The van der Waals surface area contributed by atoms with E-state index in [-0.39, 0.29) is 11.8 Å². The van der Waals surface area contributed by atoms with Gasteiger partial charge < -0.3 is 16.0 Å². The first-order valence-corrected chi connectivity index (χ1v) is 11.1. The highest BCUT2D eigenvalue weighted by Crippen LogP contribution is 2.29. The standard InChI is InChI=1S/C25H20ClN3O2S/c1-16-15-22(29-24(30)20-9-5-6-10-21(20)26)32-23(16)25(31)28-19-13-11-18(12-14-19)27-17-7-3-2-4-8-17/h2-15,27H,1H3,(H,28,31)(H,29,30). The van der Waals surface area contributed by atoms with E-state index in [1.807, 2.05) is 61.5 Å². The third kappa shape index (κ3) is 5.17. The average molecular weight is 462 g/mol. The van der Waals surface area contributed by atoms with Crippen LogP contribution in [0.5, 0.6) is 0 Å². The van der Waals surface area contributed by atoms with Gasteiger partial charge in [0, 0.05) is 17.1 Å². The quantitative estimate of drug-likeness (QED) is 0.290. The van der Waals surface area contributed by atoms with E-state index in [0.29, 0.717) is 26.2 Å². The largest absolute Gasteiger partial charge is 0.356 e. The SMILES string of the molecule is Cc1cc(NC(=O)c2ccccc2Cl)sc1C(=O)Nc1ccc(Nc2ccccc2)cc1. The second-order valence-electron chi connectivity index (χ2n) is 7.08. The molecule has 2 amide bonds. The Morgan fingerprint density at radius 3 is 2.09 bits per heavy atom. The molecule has 0 aliphatic rings. The van der Waals surface area contributed by atoms with Gasteiger partial charge in [-0.1, -0.05) is 41.9 Å². The maximum atomic E-state index is 12.8. The molecular formula is C25H20ClN3O2S. The lowest BCUT2D eigenvalue weighted by Gasteiger charge is -2.08. The van der Waals surface area contributed by atoms with Crippen molar-refractivity contribution in [2.45, 2.75) is 6.92 Å². The van der Waals surface area contributed by atoms with Crippen molar-refractivity contribution < 1.29 is 9.59 Å². The van der Waals surface area contributed by atoms with Crippen LogP contribution in [0.2, 0.25) is 5.02 Å². The summed E-state index contributed by atoms with van der Waals surface area (Å²) in [5, 5.41) is 9.99. The molecule has 0 aliphatic heterocycles. The Hall–Kier alpha value is -3.61. The summed E-state index contributed by atoms with van der Waals surface area (Å²) in [6.45, 7) is 1.84. The fourth-order valence-corrected chi connectivity index (χ4v) is 4.29. The summed E-state index contributed by atoms with van der Waals surface area (Å²) >= 11 is 7.31. The van der Waals surface area contributed by atoms with Gasteiger partial charge >= 0.3 is 0 Å². The molecule has 0 radical (unpaired) electrons. The lowest BCUT2D eigenvalue weighted by atomic mass is 10.2. The van der Waals surface area contributed by atoms with Gasteiger partial charge in [-0.3, -0.25) is 9.59 Å². The average Bonchev–Trinajstić information content (AvgIpc) is 3.16. The highest BCUT2D eigenvalue weighted by molar-refractivity contribution is 7.18. The molecule has 4 aromatic rings. The van der Waals surface area contributed by atoms with Crippen LogP contribution in [-0.4, -0.2) is 11.8 Å². The summed E-state index contributed by atoms with van der Waals surface area (Å²) < 4.78 is 0. The zero-order valence-corrected chi connectivity index (χ0v) is 18.8. The number of anilines is 4. The zero-order chi connectivity index (χ0) is 22.5. The van der Waals surface area contributed by atoms with Crippen LogP contribution in [0.3, 0.4) is 0 Å². The first-order valence-electron chi connectivity index (χ1n) is 9.89. The molecule has 0 spiro atoms. The minimum absolute atomic E-state index is 0.227. The number of hydrogen-bond donors (Lipinski definition) is 3. The summed E-state index contributed by atoms with van der Waals surface area (Å²) in [6.07, 6.45) is 0. The van der Waals surface area contributed by atoms with Crippen molar-refractivity contribution in [2.75, 3.05) is 16.0 Å². The third-order valence-corrected chi connectivity index (χ3v) is 6.17. The van der Waals surface area contributed by atoms with E-state index in [9.17, 15) is 9.59 Å². The summed E-state index contributed by atoms with van der Waals surface area (Å²) in [5.41, 5.74) is 3.76. The fraction of sp³-hybridized carbons (Fsp3) is 0.0400. The van der Waals surface area contributed by atoms with Crippen LogP contribution in [0.15, 0.2) is 84.9 Å². The highest BCUT2D eigenvalue weighted by Gasteiger charge is 2.17. The number of amides is 2. The summed E-state index contributed by atoms with van der Waals surface area (Å²) in [7, 11) is 0. The van der Waals surface area contributed by atoms with Crippen LogP contribution in [0.1, 0.15) is 25.6 Å². The first kappa shape index (κ1) is 21.6. The molecule has 7 heteroatoms. The molecule has 0 fully saturated rings. The molecule has 0 aliphatic carbocycles. The molecule has 0 bridgehead atoms. The molecule has 4 rings (SSSR count). The zero-order valence-electron chi connectivity index (χ0n) is 17.2. The predicted molar refractivity (Wildman–Crippen MR) is 133 cm³/mol. The van der Waals surface area contributed by atoms with E-state index < -0.39 is 0 Å². The Bertz CT molecular complexity index is 1250. The number of rotatable bonds is 6. The van der Waals surface area contributed by atoms with Crippen molar-refractivity contribution in [1.82, 2.24) is 0 Å². The van der Waals surface area contributed by atoms with Crippen molar-refractivity contribution in [2.24, 2.45) is 0 Å². The van der Waals surface area contributed by atoms with Gasteiger partial charge in [-0.2, -0.15) is 0 Å². The molecular weight excluding hydrogens is 442 g/mol. The van der Waals surface area contributed by atoms with Crippen LogP contribution in [-0.2, 0) is 0 Å². The maximum absolute atomic E-state index is 12.8. The number of carbonyl (C=O) groups excluding carboxylic acids is 2. The topological polar surface area (TPSA) is 70.2 Å². The van der Waals surface area contributed by atoms with Gasteiger partial charge in [-0.25, -0.2) is 0 Å². The fourth-order valence-electron chi connectivity index (χ4n) is 3.11. The van der Waals surface area contributed by atoms with Gasteiger partial charge in [-0.05, 0) is 67.1 Å². The minimum atomic E-state index is -0.315. The van der Waals surface area contributed by atoms with Crippen molar-refractivity contribution in [3.8, 4) is 0 Å². The monoisotopic (exact) mass is 461 g/mol. The number of carbonyl (C=O) groups is 2. The lowest BCUT2D eigenvalue weighted by Crippen LogP contribution is -2.12. The Labute approximate surface area is 195 Å². The smallest absolute Gasteiger partial charge is 0.266 e. The van der Waals surface area contributed by atoms with Crippen molar-refractivity contribution in [3.05, 3.63) is 106 Å². The van der Waals surface area contributed by atoms with Crippen molar-refractivity contribution >= 4 is 56.8 Å². The van der Waals surface area contributed by atoms with Gasteiger partial charge in [0.2, 0.25) is 0 Å². The van der Waals surface area contributed by atoms with Gasteiger partial charge in [0.1, 0.15) is 0 Å². The second-order valence-corrected chi connectivity index (χ2v) is 8.54. The summed E-state index contributed by atoms with van der Waals surface area (Å²) in [4.78, 5) is 25.8. The van der Waals surface area contributed by atoms with Crippen LogP contribution in [0, 0.1) is 6.92 Å². The Morgan fingerprint density at radius 2 is 1.38 bits per heavy atom. The number of halogens is 1. The van der Waals surface area contributed by atoms with E-state index in [2.05, 4.69) is 16.0 Å². The molecule has 0 unspecified atom stereocenters. The van der Waals surface area contributed by atoms with Gasteiger partial charge in [0.05, 0.1) is 20.5 Å². The molecule has 1 heterocycles. The molecule has 32 heavy (non-hydrogen) atoms. The van der Waals surface area contributed by atoms with Crippen molar-refractivity contribution in [1.29, 1.82) is 0 Å². The van der Waals surface area contributed by atoms with Gasteiger partial charge in [0.25, 0.3) is 11.8 Å². The number of thiophene rings is 1. The normalized spacial score (nSPS) is 10.4. The van der Waals surface area contributed by atoms with Crippen LogP contribution in [0.4, 0.5) is 22.1 Å². The van der Waals surface area contributed by atoms with Crippen molar-refractivity contribution in [3.63, 3.8) is 0 Å². The van der Waals surface area contributed by atoms with E-state index in [1.165, 1.54) is 11.3 Å². The first-order chi connectivity index (χ1) is 15.5. The number of para-hydroxylation sites is 1. The van der Waals surface area contributed by atoms with Crippen LogP contribution < -0.4 is 16.0 Å². The predicted octanol–water partition coefficient (Wildman–Crippen LogP) is 6.96. The molecule has 0 saturated carbocycles. The second kappa shape index (κ2) is 9.68. The number of benzene rings is 3. The van der Waals surface area contributed by atoms with E-state index in [1.54, 1.807) is 30.3 Å². The van der Waals surface area contributed by atoms with Crippen LogP contribution >= 0.6 is 22.9 Å². The summed E-state index contributed by atoms with van der Waals surface area (Å²) in [5.74, 6) is -0.542. The molecule has 0 atom stereocenters. The number of nitrogens with one attached hydrogen (secondary N) is 3. The van der Waals surface area contributed by atoms with Crippen LogP contribution in [0.25, 0.3) is 0 Å². The summed E-state index contributed by atoms with van der Waals surface area (Å²) in [6, 6.07) is 26.0. The molecule has 5 nitrogen and oxygen atoms in total. The maximum Gasteiger partial charge on any atom is 0.266 e. The van der Waals surface area contributed by atoms with E-state index in [4.69, 9.17) is 11.6 Å². The third-order valence-electron chi connectivity index (χ3n) is 4.68. The Kier molecular flexibility index (Phi) is 6.54. The number of aryl methyl sites for hydroxylation is 1.